The van der Waals surface area contributed by atoms with E-state index in [1.165, 1.54) is 18.8 Å². The molecule has 0 unspecified atom stereocenters. The number of halogens is 2. The summed E-state index contributed by atoms with van der Waals surface area (Å²) in [4.78, 5) is 22.2. The van der Waals surface area contributed by atoms with Crippen molar-refractivity contribution in [1.29, 1.82) is 0 Å². The standard InChI is InChI=1S/C13H11Cl2N3O2/c14-8-5-16-6-9(15)10(8)12-11(17-7-20-12)13(19)18-3-1-2-4-18/h1-2,5-7,11-12H,3-4H2/t11-,12+/m1/s1. The second kappa shape index (κ2) is 5.42. The lowest BCUT2D eigenvalue weighted by Crippen LogP contribution is -2.38. The summed E-state index contributed by atoms with van der Waals surface area (Å²) in [6.45, 7) is 1.19. The molecule has 3 heterocycles. The Morgan fingerprint density at radius 2 is 1.90 bits per heavy atom. The van der Waals surface area contributed by atoms with Crippen molar-refractivity contribution < 1.29 is 9.53 Å². The predicted molar refractivity (Wildman–Crippen MR) is 76.1 cm³/mol. The number of nitrogens with zero attached hydrogens (tertiary/aromatic N) is 3. The number of rotatable bonds is 2. The van der Waals surface area contributed by atoms with Crippen LogP contribution in [0.3, 0.4) is 0 Å². The van der Waals surface area contributed by atoms with Gasteiger partial charge in [0.2, 0.25) is 0 Å². The summed E-state index contributed by atoms with van der Waals surface area (Å²) in [7, 11) is 0. The quantitative estimate of drug-likeness (QED) is 0.787. The average molecular weight is 312 g/mol. The predicted octanol–water partition coefficient (Wildman–Crippen LogP) is 2.25. The third-order valence-electron chi connectivity index (χ3n) is 3.27. The Morgan fingerprint density at radius 1 is 1.25 bits per heavy atom. The summed E-state index contributed by atoms with van der Waals surface area (Å²) in [6.07, 6.45) is 7.51. The summed E-state index contributed by atoms with van der Waals surface area (Å²) in [5, 5.41) is 0.732. The minimum atomic E-state index is -0.660. The van der Waals surface area contributed by atoms with Crippen molar-refractivity contribution in [3.8, 4) is 0 Å². The lowest BCUT2D eigenvalue weighted by atomic mass is 10.0. The van der Waals surface area contributed by atoms with Crippen molar-refractivity contribution in [2.75, 3.05) is 13.1 Å². The number of pyridine rings is 1. The summed E-state index contributed by atoms with van der Waals surface area (Å²) in [5.41, 5.74) is 0.548. The molecule has 0 aliphatic carbocycles. The molecule has 0 radical (unpaired) electrons. The highest BCUT2D eigenvalue weighted by molar-refractivity contribution is 6.35. The largest absolute Gasteiger partial charge is 0.473 e. The van der Waals surface area contributed by atoms with Crippen molar-refractivity contribution in [3.05, 3.63) is 40.2 Å². The van der Waals surface area contributed by atoms with E-state index >= 15 is 0 Å². The van der Waals surface area contributed by atoms with Crippen LogP contribution in [0, 0.1) is 0 Å². The summed E-state index contributed by atoms with van der Waals surface area (Å²) < 4.78 is 5.44. The molecule has 0 bridgehead atoms. The Bertz CT molecular complexity index is 575. The number of hydrogen-bond acceptors (Lipinski definition) is 4. The van der Waals surface area contributed by atoms with Crippen molar-refractivity contribution >= 4 is 35.5 Å². The van der Waals surface area contributed by atoms with Crippen molar-refractivity contribution in [2.45, 2.75) is 12.1 Å². The normalized spacial score (nSPS) is 24.2. The van der Waals surface area contributed by atoms with Gasteiger partial charge >= 0.3 is 0 Å². The number of aromatic nitrogens is 1. The molecular formula is C13H11Cl2N3O2. The maximum absolute atomic E-state index is 12.4. The zero-order chi connectivity index (χ0) is 14.1. The molecule has 1 aromatic heterocycles. The maximum Gasteiger partial charge on any atom is 0.252 e. The minimum Gasteiger partial charge on any atom is -0.473 e. The zero-order valence-corrected chi connectivity index (χ0v) is 11.9. The molecule has 7 heteroatoms. The van der Waals surface area contributed by atoms with Crippen LogP contribution >= 0.6 is 23.2 Å². The van der Waals surface area contributed by atoms with Gasteiger partial charge in [-0.1, -0.05) is 35.4 Å². The maximum atomic E-state index is 12.4. The molecule has 5 nitrogen and oxygen atoms in total. The fourth-order valence-electron chi connectivity index (χ4n) is 2.28. The first-order valence-electron chi connectivity index (χ1n) is 6.08. The van der Waals surface area contributed by atoms with E-state index in [4.69, 9.17) is 27.9 Å². The van der Waals surface area contributed by atoms with Gasteiger partial charge in [-0.15, -0.1) is 0 Å². The monoisotopic (exact) mass is 311 g/mol. The van der Waals surface area contributed by atoms with E-state index < -0.39 is 12.1 Å². The van der Waals surface area contributed by atoms with Crippen LogP contribution in [0.25, 0.3) is 0 Å². The van der Waals surface area contributed by atoms with Gasteiger partial charge in [0, 0.05) is 31.0 Å². The number of carbonyl (C=O) groups excluding carboxylic acids is 1. The van der Waals surface area contributed by atoms with Crippen molar-refractivity contribution in [3.63, 3.8) is 0 Å². The van der Waals surface area contributed by atoms with Gasteiger partial charge in [0.15, 0.2) is 18.5 Å². The van der Waals surface area contributed by atoms with Gasteiger partial charge in [0.25, 0.3) is 5.91 Å². The highest BCUT2D eigenvalue weighted by atomic mass is 35.5. The highest BCUT2D eigenvalue weighted by Crippen LogP contribution is 2.37. The van der Waals surface area contributed by atoms with Gasteiger partial charge in [-0.3, -0.25) is 9.78 Å². The second-order valence-electron chi connectivity index (χ2n) is 4.49. The minimum absolute atomic E-state index is 0.0994. The smallest absolute Gasteiger partial charge is 0.252 e. The van der Waals surface area contributed by atoms with Gasteiger partial charge in [-0.05, 0) is 0 Å². The van der Waals surface area contributed by atoms with Crippen LogP contribution in [0.4, 0.5) is 0 Å². The van der Waals surface area contributed by atoms with Crippen molar-refractivity contribution in [1.82, 2.24) is 9.88 Å². The highest BCUT2D eigenvalue weighted by Gasteiger charge is 2.39. The van der Waals surface area contributed by atoms with E-state index in [0.29, 0.717) is 28.7 Å². The molecule has 20 heavy (non-hydrogen) atoms. The topological polar surface area (TPSA) is 54.8 Å². The molecule has 2 aliphatic heterocycles. The molecule has 0 aromatic carbocycles. The second-order valence-corrected chi connectivity index (χ2v) is 5.30. The van der Waals surface area contributed by atoms with E-state index in [1.807, 2.05) is 12.2 Å². The van der Waals surface area contributed by atoms with E-state index in [0.717, 1.165) is 0 Å². The number of hydrogen-bond donors (Lipinski definition) is 0. The molecule has 0 saturated carbocycles. The van der Waals surface area contributed by atoms with Crippen LogP contribution < -0.4 is 0 Å². The Morgan fingerprint density at radius 3 is 2.55 bits per heavy atom. The molecule has 104 valence electrons. The van der Waals surface area contributed by atoms with Crippen LogP contribution in [0.2, 0.25) is 10.0 Å². The lowest BCUT2D eigenvalue weighted by Gasteiger charge is -2.23. The summed E-state index contributed by atoms with van der Waals surface area (Å²) >= 11 is 12.2. The van der Waals surface area contributed by atoms with E-state index in [-0.39, 0.29) is 5.91 Å². The molecular weight excluding hydrogens is 301 g/mol. The summed E-state index contributed by atoms with van der Waals surface area (Å²) in [5.74, 6) is -0.0994. The van der Waals surface area contributed by atoms with Gasteiger partial charge in [-0.25, -0.2) is 4.99 Å². The molecule has 0 N–H and O–H groups in total. The molecule has 1 aromatic rings. The third-order valence-corrected chi connectivity index (χ3v) is 3.88. The molecule has 0 spiro atoms. The van der Waals surface area contributed by atoms with E-state index in [2.05, 4.69) is 9.98 Å². The Hall–Kier alpha value is -1.59. The number of amides is 1. The van der Waals surface area contributed by atoms with Gasteiger partial charge in [0.05, 0.1) is 10.0 Å². The average Bonchev–Trinajstić information content (AvgIpc) is 3.09. The van der Waals surface area contributed by atoms with Crippen LogP contribution in [-0.4, -0.2) is 41.3 Å². The fraction of sp³-hybridized carbons (Fsp3) is 0.308. The van der Waals surface area contributed by atoms with Gasteiger partial charge in [-0.2, -0.15) is 0 Å². The molecule has 0 saturated heterocycles. The lowest BCUT2D eigenvalue weighted by molar-refractivity contribution is -0.132. The zero-order valence-electron chi connectivity index (χ0n) is 10.4. The molecule has 2 aliphatic rings. The number of carbonyl (C=O) groups is 1. The fourth-order valence-corrected chi connectivity index (χ4v) is 2.86. The third kappa shape index (κ3) is 2.27. The Labute approximate surface area is 125 Å². The van der Waals surface area contributed by atoms with Crippen LogP contribution in [-0.2, 0) is 9.53 Å². The summed E-state index contributed by atoms with van der Waals surface area (Å²) in [6, 6.07) is -0.660. The first kappa shape index (κ1) is 13.4. The van der Waals surface area contributed by atoms with E-state index in [9.17, 15) is 4.79 Å². The number of aliphatic imine (C=N–C) groups is 1. The number of ether oxygens (including phenoxy) is 1. The first-order valence-corrected chi connectivity index (χ1v) is 6.84. The SMILES string of the molecule is O=C([C@@H]1N=CO[C@H]1c1c(Cl)cncc1Cl)N1CC=CC1. The first-order chi connectivity index (χ1) is 9.68. The van der Waals surface area contributed by atoms with Gasteiger partial charge in [0.1, 0.15) is 0 Å². The van der Waals surface area contributed by atoms with Gasteiger partial charge < -0.3 is 9.64 Å². The molecule has 0 fully saturated rings. The molecule has 1 amide bonds. The van der Waals surface area contributed by atoms with Crippen LogP contribution in [0.1, 0.15) is 11.7 Å². The van der Waals surface area contributed by atoms with E-state index in [1.54, 1.807) is 4.90 Å². The Kier molecular flexibility index (Phi) is 3.63. The van der Waals surface area contributed by atoms with Crippen LogP contribution in [0.5, 0.6) is 0 Å². The van der Waals surface area contributed by atoms with Crippen LogP contribution in [0.15, 0.2) is 29.5 Å². The molecule has 2 atom stereocenters. The molecule has 3 rings (SSSR count). The Balaban J connectivity index is 1.88. The van der Waals surface area contributed by atoms with Crippen molar-refractivity contribution in [2.24, 2.45) is 4.99 Å².